The van der Waals surface area contributed by atoms with Crippen LogP contribution in [0.5, 0.6) is 0 Å². The predicted molar refractivity (Wildman–Crippen MR) is 95.4 cm³/mol. The summed E-state index contributed by atoms with van der Waals surface area (Å²) in [5, 5.41) is 22.3. The van der Waals surface area contributed by atoms with Crippen LogP contribution in [-0.4, -0.2) is 52.3 Å². The second-order valence-electron chi connectivity index (χ2n) is 7.06. The zero-order chi connectivity index (χ0) is 18.3. The number of urea groups is 1. The molecule has 6 nitrogen and oxygen atoms in total. The van der Waals surface area contributed by atoms with Crippen molar-refractivity contribution >= 4 is 12.0 Å². The number of aliphatic carboxylic acids is 1. The predicted octanol–water partition coefficient (Wildman–Crippen LogP) is 2.41. The van der Waals surface area contributed by atoms with Crippen LogP contribution in [0, 0.1) is 0 Å². The molecule has 0 bridgehead atoms. The second-order valence-corrected chi connectivity index (χ2v) is 7.06. The minimum absolute atomic E-state index is 0.00539. The maximum Gasteiger partial charge on any atom is 0.317 e. The second kappa shape index (κ2) is 8.85. The lowest BCUT2D eigenvalue weighted by molar-refractivity contribution is -0.137. The number of hydrogen-bond acceptors (Lipinski definition) is 3. The Bertz CT molecular complexity index is 570. The van der Waals surface area contributed by atoms with Gasteiger partial charge in [-0.3, -0.25) is 4.79 Å². The first kappa shape index (κ1) is 19.2. The van der Waals surface area contributed by atoms with Crippen LogP contribution >= 0.6 is 0 Å². The van der Waals surface area contributed by atoms with E-state index in [1.807, 2.05) is 30.3 Å². The molecule has 6 heteroatoms. The fraction of sp³-hybridized carbons (Fsp3) is 0.579. The Kier molecular flexibility index (Phi) is 6.82. The van der Waals surface area contributed by atoms with Gasteiger partial charge in [0.2, 0.25) is 0 Å². The Hall–Kier alpha value is -2.08. The van der Waals surface area contributed by atoms with Gasteiger partial charge >= 0.3 is 12.0 Å². The number of carboxylic acids is 1. The van der Waals surface area contributed by atoms with Gasteiger partial charge in [0.25, 0.3) is 0 Å². The molecule has 0 radical (unpaired) electrons. The molecule has 0 heterocycles. The van der Waals surface area contributed by atoms with E-state index in [2.05, 4.69) is 5.32 Å². The van der Waals surface area contributed by atoms with Crippen molar-refractivity contribution in [2.45, 2.75) is 56.6 Å². The van der Waals surface area contributed by atoms with Crippen LogP contribution in [0.15, 0.2) is 30.3 Å². The summed E-state index contributed by atoms with van der Waals surface area (Å²) in [6.07, 6.45) is 4.37. The van der Waals surface area contributed by atoms with Gasteiger partial charge in [0.1, 0.15) is 0 Å². The van der Waals surface area contributed by atoms with Crippen LogP contribution in [0.2, 0.25) is 0 Å². The van der Waals surface area contributed by atoms with Crippen molar-refractivity contribution in [1.29, 1.82) is 0 Å². The molecule has 2 amide bonds. The van der Waals surface area contributed by atoms with Gasteiger partial charge in [0.15, 0.2) is 0 Å². The van der Waals surface area contributed by atoms with Gasteiger partial charge in [-0.2, -0.15) is 0 Å². The molecule has 0 aromatic heterocycles. The van der Waals surface area contributed by atoms with Crippen molar-refractivity contribution in [2.24, 2.45) is 0 Å². The maximum absolute atomic E-state index is 12.5. The number of rotatable bonds is 8. The molecule has 0 saturated heterocycles. The Balaban J connectivity index is 1.93. The standard InChI is InChI=1S/C19H28N2O4/c1-21(14-19(25)11-5-6-12-19)18(24)20-16(9-10-17(22)23)13-15-7-3-2-4-8-15/h2-4,7-8,16,25H,5-6,9-14H2,1H3,(H,20,24)(H,22,23). The molecular formula is C19H28N2O4. The van der Waals surface area contributed by atoms with E-state index in [-0.39, 0.29) is 18.5 Å². The van der Waals surface area contributed by atoms with E-state index in [1.54, 1.807) is 7.05 Å². The average Bonchev–Trinajstić information content (AvgIpc) is 2.99. The first-order chi connectivity index (χ1) is 11.9. The molecule has 1 fully saturated rings. The molecule has 1 aromatic carbocycles. The number of carboxylic acid groups (broad SMARTS) is 1. The highest BCUT2D eigenvalue weighted by atomic mass is 16.4. The van der Waals surface area contributed by atoms with Gasteiger partial charge < -0.3 is 20.4 Å². The molecule has 2 rings (SSSR count). The summed E-state index contributed by atoms with van der Waals surface area (Å²) in [5.41, 5.74) is 0.262. The average molecular weight is 348 g/mol. The number of nitrogens with zero attached hydrogens (tertiary/aromatic N) is 1. The van der Waals surface area contributed by atoms with Gasteiger partial charge in [0, 0.05) is 19.5 Å². The van der Waals surface area contributed by atoms with E-state index in [0.29, 0.717) is 19.4 Å². The van der Waals surface area contributed by atoms with Crippen molar-refractivity contribution < 1.29 is 19.8 Å². The third kappa shape index (κ3) is 6.38. The largest absolute Gasteiger partial charge is 0.481 e. The summed E-state index contributed by atoms with van der Waals surface area (Å²) < 4.78 is 0. The summed E-state index contributed by atoms with van der Waals surface area (Å²) >= 11 is 0. The number of hydrogen-bond donors (Lipinski definition) is 3. The molecule has 1 unspecified atom stereocenters. The molecule has 25 heavy (non-hydrogen) atoms. The maximum atomic E-state index is 12.5. The first-order valence-corrected chi connectivity index (χ1v) is 8.88. The molecule has 1 aliphatic carbocycles. The van der Waals surface area contributed by atoms with Gasteiger partial charge in [-0.1, -0.05) is 43.2 Å². The highest BCUT2D eigenvalue weighted by Crippen LogP contribution is 2.29. The van der Waals surface area contributed by atoms with Crippen molar-refractivity contribution in [3.8, 4) is 0 Å². The van der Waals surface area contributed by atoms with Crippen LogP contribution in [0.4, 0.5) is 4.79 Å². The summed E-state index contributed by atoms with van der Waals surface area (Å²) in [6.45, 7) is 0.301. The molecule has 1 atom stereocenters. The van der Waals surface area contributed by atoms with E-state index in [4.69, 9.17) is 5.11 Å². The zero-order valence-corrected chi connectivity index (χ0v) is 14.8. The van der Waals surface area contributed by atoms with Crippen molar-refractivity contribution in [1.82, 2.24) is 10.2 Å². The molecule has 0 aliphatic heterocycles. The van der Waals surface area contributed by atoms with E-state index in [0.717, 1.165) is 31.2 Å². The molecule has 3 N–H and O–H groups in total. The minimum Gasteiger partial charge on any atom is -0.481 e. The molecule has 1 aliphatic rings. The van der Waals surface area contributed by atoms with E-state index in [9.17, 15) is 14.7 Å². The van der Waals surface area contributed by atoms with Gasteiger partial charge in [-0.25, -0.2) is 4.79 Å². The minimum atomic E-state index is -0.874. The number of benzene rings is 1. The third-order valence-corrected chi connectivity index (χ3v) is 4.77. The molecule has 138 valence electrons. The van der Waals surface area contributed by atoms with E-state index in [1.165, 1.54) is 4.90 Å². The lowest BCUT2D eigenvalue weighted by atomic mass is 10.0. The quantitative estimate of drug-likeness (QED) is 0.673. The summed E-state index contributed by atoms with van der Waals surface area (Å²) in [7, 11) is 1.67. The summed E-state index contributed by atoms with van der Waals surface area (Å²) in [5.74, 6) is -0.874. The highest BCUT2D eigenvalue weighted by molar-refractivity contribution is 5.74. The van der Waals surface area contributed by atoms with Crippen LogP contribution in [-0.2, 0) is 11.2 Å². The summed E-state index contributed by atoms with van der Waals surface area (Å²) in [4.78, 5) is 24.9. The van der Waals surface area contributed by atoms with Crippen LogP contribution < -0.4 is 5.32 Å². The number of amides is 2. The fourth-order valence-corrected chi connectivity index (χ4v) is 3.41. The van der Waals surface area contributed by atoms with Crippen LogP contribution in [0.25, 0.3) is 0 Å². The molecule has 0 spiro atoms. The number of aliphatic hydroxyl groups is 1. The Labute approximate surface area is 148 Å². The van der Waals surface area contributed by atoms with Crippen LogP contribution in [0.1, 0.15) is 44.1 Å². The highest BCUT2D eigenvalue weighted by Gasteiger charge is 2.33. The Morgan fingerprint density at radius 3 is 2.48 bits per heavy atom. The van der Waals surface area contributed by atoms with Crippen molar-refractivity contribution in [3.63, 3.8) is 0 Å². The lowest BCUT2D eigenvalue weighted by Crippen LogP contribution is -2.49. The Morgan fingerprint density at radius 2 is 1.88 bits per heavy atom. The number of carbonyl (C=O) groups is 2. The smallest absolute Gasteiger partial charge is 0.317 e. The van der Waals surface area contributed by atoms with E-state index < -0.39 is 11.6 Å². The third-order valence-electron chi connectivity index (χ3n) is 4.77. The summed E-state index contributed by atoms with van der Waals surface area (Å²) in [6, 6.07) is 9.17. The van der Waals surface area contributed by atoms with Crippen LogP contribution in [0.3, 0.4) is 0 Å². The van der Waals surface area contributed by atoms with Crippen molar-refractivity contribution in [3.05, 3.63) is 35.9 Å². The monoisotopic (exact) mass is 348 g/mol. The van der Waals surface area contributed by atoms with Gasteiger partial charge in [-0.15, -0.1) is 0 Å². The molecular weight excluding hydrogens is 320 g/mol. The normalized spacial score (nSPS) is 17.0. The lowest BCUT2D eigenvalue weighted by Gasteiger charge is -2.30. The molecule has 1 aromatic rings. The first-order valence-electron chi connectivity index (χ1n) is 8.88. The molecule has 1 saturated carbocycles. The number of carbonyl (C=O) groups excluding carboxylic acids is 1. The topological polar surface area (TPSA) is 89.9 Å². The zero-order valence-electron chi connectivity index (χ0n) is 14.8. The van der Waals surface area contributed by atoms with Crippen molar-refractivity contribution in [2.75, 3.05) is 13.6 Å². The van der Waals surface area contributed by atoms with E-state index >= 15 is 0 Å². The van der Waals surface area contributed by atoms with Gasteiger partial charge in [-0.05, 0) is 31.2 Å². The number of likely N-dealkylation sites (N-methyl/N-ethyl adjacent to an activating group) is 1. The van der Waals surface area contributed by atoms with Gasteiger partial charge in [0.05, 0.1) is 12.1 Å². The SMILES string of the molecule is CN(CC1(O)CCCC1)C(=O)NC(CCC(=O)O)Cc1ccccc1. The number of nitrogens with one attached hydrogen (secondary N) is 1. The Morgan fingerprint density at radius 1 is 1.24 bits per heavy atom. The fourth-order valence-electron chi connectivity index (χ4n) is 3.41.